The van der Waals surface area contributed by atoms with Crippen LogP contribution >= 0.6 is 43.9 Å². The van der Waals surface area contributed by atoms with Crippen LogP contribution in [-0.2, 0) is 9.59 Å². The van der Waals surface area contributed by atoms with Crippen molar-refractivity contribution in [3.63, 3.8) is 0 Å². The van der Waals surface area contributed by atoms with Gasteiger partial charge in [0.15, 0.2) is 0 Å². The van der Waals surface area contributed by atoms with Gasteiger partial charge in [-0.1, -0.05) is 74.3 Å². The van der Waals surface area contributed by atoms with Crippen molar-refractivity contribution in [2.45, 2.75) is 12.3 Å². The molecule has 1 N–H and O–H groups in total. The lowest BCUT2D eigenvalue weighted by atomic mass is 9.79. The van der Waals surface area contributed by atoms with Crippen molar-refractivity contribution in [2.24, 2.45) is 5.92 Å². The molecular formula is C23H19Cl2IN2O2. The molecule has 0 aliphatic carbocycles. The second kappa shape index (κ2) is 9.45. The molecule has 0 radical (unpaired) electrons. The summed E-state index contributed by atoms with van der Waals surface area (Å²) in [5.41, 5.74) is 1.54. The van der Waals surface area contributed by atoms with E-state index in [1.165, 1.54) is 0 Å². The van der Waals surface area contributed by atoms with Crippen molar-refractivity contribution in [3.05, 3.63) is 86.1 Å². The summed E-state index contributed by atoms with van der Waals surface area (Å²) in [7, 11) is 0. The summed E-state index contributed by atoms with van der Waals surface area (Å²) in [5.74, 6) is -0.736. The molecule has 4 nitrogen and oxygen atoms in total. The Hall–Kier alpha value is -1.96. The Bertz CT molecular complexity index is 1080. The molecule has 30 heavy (non-hydrogen) atoms. The van der Waals surface area contributed by atoms with E-state index in [0.29, 0.717) is 22.3 Å². The molecular weight excluding hydrogens is 534 g/mol. The summed E-state index contributed by atoms with van der Waals surface area (Å²) in [6, 6.07) is 14.5. The Kier molecular flexibility index (Phi) is 6.71. The zero-order valence-electron chi connectivity index (χ0n) is 15.9. The van der Waals surface area contributed by atoms with Gasteiger partial charge < -0.3 is 10.2 Å². The highest BCUT2D eigenvalue weighted by Gasteiger charge is 2.40. The van der Waals surface area contributed by atoms with Gasteiger partial charge in [-0.15, -0.1) is 0 Å². The van der Waals surface area contributed by atoms with Crippen LogP contribution in [0.15, 0.2) is 70.5 Å². The minimum Gasteiger partial charge on any atom is -0.326 e. The maximum Gasteiger partial charge on any atom is 0.229 e. The molecule has 2 aromatic rings. The quantitative estimate of drug-likeness (QED) is 0.388. The van der Waals surface area contributed by atoms with Crippen LogP contribution in [0.25, 0.3) is 0 Å². The standard InChI is InChI=1S/C23H19Cl2IN2O2/c24-16-6-3-5-15(11-16)19-13-22(29)28(21-9-1-2-10-26-21)14-20(19)23(30)27-18-8-4-7-17(25)12-18/h1-12,19-20H,13-14H2,(H,27,30)/t19?,20-/m1/s1. The minimum atomic E-state index is -0.407. The van der Waals surface area contributed by atoms with Gasteiger partial charge in [0.1, 0.15) is 0 Å². The van der Waals surface area contributed by atoms with Crippen LogP contribution in [0.3, 0.4) is 0 Å². The van der Waals surface area contributed by atoms with Crippen molar-refractivity contribution in [2.75, 3.05) is 11.9 Å². The number of allylic oxidation sites excluding steroid dienone is 3. The SMILES string of the molecule is O=C(Nc1cccc(Cl)c1)[C@@H]1CN(C2=CC=CC=I2)C(=O)CC1c1cccc(Cl)c1. The number of carbonyl (C=O) groups is 2. The number of likely N-dealkylation sites (tertiary alicyclic amines) is 1. The fourth-order valence-electron chi connectivity index (χ4n) is 3.69. The van der Waals surface area contributed by atoms with Crippen LogP contribution in [0.5, 0.6) is 0 Å². The van der Waals surface area contributed by atoms with Crippen molar-refractivity contribution in [1.82, 2.24) is 4.90 Å². The number of halogens is 3. The van der Waals surface area contributed by atoms with E-state index in [0.717, 1.165) is 9.27 Å². The van der Waals surface area contributed by atoms with Gasteiger partial charge in [0, 0.05) is 34.6 Å². The molecule has 2 aliphatic heterocycles. The zero-order valence-corrected chi connectivity index (χ0v) is 19.6. The number of carbonyl (C=O) groups excluding carboxylic acids is 2. The number of amides is 2. The van der Waals surface area contributed by atoms with Crippen molar-refractivity contribution in [3.8, 4) is 0 Å². The first-order valence-electron chi connectivity index (χ1n) is 9.47. The summed E-state index contributed by atoms with van der Waals surface area (Å²) < 4.78 is 3.14. The monoisotopic (exact) mass is 552 g/mol. The molecule has 0 bridgehead atoms. The number of nitrogens with zero attached hydrogens (tertiary/aromatic N) is 1. The molecule has 2 amide bonds. The van der Waals surface area contributed by atoms with Gasteiger partial charge in [-0.3, -0.25) is 9.59 Å². The van der Waals surface area contributed by atoms with Crippen LogP contribution in [-0.4, -0.2) is 27.3 Å². The summed E-state index contributed by atoms with van der Waals surface area (Å²) in [6.45, 7) is 0.343. The Morgan fingerprint density at radius 2 is 1.83 bits per heavy atom. The number of hydrogen-bond acceptors (Lipinski definition) is 2. The Balaban J connectivity index is 1.65. The van der Waals surface area contributed by atoms with Crippen LogP contribution in [0.4, 0.5) is 5.69 Å². The highest BCUT2D eigenvalue weighted by Crippen LogP contribution is 2.38. The average molecular weight is 553 g/mol. The van der Waals surface area contributed by atoms with Gasteiger partial charge in [-0.05, 0) is 46.0 Å². The third-order valence-electron chi connectivity index (χ3n) is 5.12. The first-order chi connectivity index (χ1) is 14.5. The fourth-order valence-corrected chi connectivity index (χ4v) is 6.11. The molecule has 0 saturated carbocycles. The third kappa shape index (κ3) is 4.85. The normalized spacial score (nSPS) is 21.1. The number of nitrogens with one attached hydrogen (secondary N) is 1. The lowest BCUT2D eigenvalue weighted by Gasteiger charge is -2.38. The van der Waals surface area contributed by atoms with Gasteiger partial charge in [0.25, 0.3) is 0 Å². The number of benzene rings is 2. The molecule has 0 aromatic heterocycles. The molecule has 2 heterocycles. The van der Waals surface area contributed by atoms with E-state index in [2.05, 4.69) is 9.33 Å². The topological polar surface area (TPSA) is 49.4 Å². The molecule has 1 saturated heterocycles. The van der Waals surface area contributed by atoms with Gasteiger partial charge in [0.2, 0.25) is 11.8 Å². The largest absolute Gasteiger partial charge is 0.326 e. The average Bonchev–Trinajstić information content (AvgIpc) is 2.74. The van der Waals surface area contributed by atoms with E-state index >= 15 is 0 Å². The van der Waals surface area contributed by atoms with Crippen LogP contribution in [0.2, 0.25) is 10.0 Å². The first kappa shape index (κ1) is 21.3. The Labute approximate surface area is 195 Å². The van der Waals surface area contributed by atoms with E-state index in [1.54, 1.807) is 35.2 Å². The van der Waals surface area contributed by atoms with Crippen LogP contribution < -0.4 is 5.32 Å². The molecule has 1 fully saturated rings. The van der Waals surface area contributed by atoms with E-state index in [1.807, 2.05) is 36.4 Å². The summed E-state index contributed by atoms with van der Waals surface area (Å²) in [5, 5.41) is 4.13. The molecule has 0 spiro atoms. The predicted octanol–water partition coefficient (Wildman–Crippen LogP) is 5.75. The number of anilines is 1. The molecule has 1 unspecified atom stereocenters. The van der Waals surface area contributed by atoms with Gasteiger partial charge in [-0.2, -0.15) is 0 Å². The van der Waals surface area contributed by atoms with Crippen LogP contribution in [0, 0.1) is 5.92 Å². The van der Waals surface area contributed by atoms with E-state index in [9.17, 15) is 9.59 Å². The smallest absolute Gasteiger partial charge is 0.229 e. The summed E-state index contributed by atoms with van der Waals surface area (Å²) in [6.07, 6.45) is 6.19. The highest BCUT2D eigenvalue weighted by molar-refractivity contribution is 14.2. The molecule has 2 atom stereocenters. The summed E-state index contributed by atoms with van der Waals surface area (Å²) in [4.78, 5) is 28.1. The molecule has 2 aromatic carbocycles. The second-order valence-corrected chi connectivity index (χ2v) is 10.4. The first-order valence-corrected chi connectivity index (χ1v) is 12.5. The lowest BCUT2D eigenvalue weighted by Crippen LogP contribution is -2.46. The van der Waals surface area contributed by atoms with Gasteiger partial charge in [0.05, 0.1) is 9.62 Å². The maximum atomic E-state index is 13.3. The highest BCUT2D eigenvalue weighted by atomic mass is 127. The van der Waals surface area contributed by atoms with E-state index in [4.69, 9.17) is 23.2 Å². The van der Waals surface area contributed by atoms with Crippen LogP contribution in [0.1, 0.15) is 17.9 Å². The van der Waals surface area contributed by atoms with Crippen molar-refractivity contribution < 1.29 is 9.59 Å². The lowest BCUT2D eigenvalue weighted by molar-refractivity contribution is -0.135. The third-order valence-corrected chi connectivity index (χ3v) is 7.94. The molecule has 154 valence electrons. The second-order valence-electron chi connectivity index (χ2n) is 7.09. The van der Waals surface area contributed by atoms with Crippen molar-refractivity contribution in [1.29, 1.82) is 0 Å². The number of piperidine rings is 1. The van der Waals surface area contributed by atoms with E-state index < -0.39 is 5.92 Å². The Morgan fingerprint density at radius 3 is 2.53 bits per heavy atom. The fraction of sp³-hybridized carbons (Fsp3) is 0.174. The summed E-state index contributed by atoms with van der Waals surface area (Å²) >= 11 is 11.9. The Morgan fingerprint density at radius 1 is 1.07 bits per heavy atom. The predicted molar refractivity (Wildman–Crippen MR) is 131 cm³/mol. The molecule has 7 heteroatoms. The minimum absolute atomic E-state index is 0.0430. The zero-order chi connectivity index (χ0) is 21.1. The van der Waals surface area contributed by atoms with Gasteiger partial charge in [-0.25, -0.2) is 0 Å². The van der Waals surface area contributed by atoms with Gasteiger partial charge >= 0.3 is 0 Å². The molecule has 4 rings (SSSR count). The number of hydrogen-bond donors (Lipinski definition) is 1. The molecule has 2 aliphatic rings. The van der Waals surface area contributed by atoms with Crippen molar-refractivity contribution >= 4 is 65.4 Å². The number of rotatable bonds is 4. The van der Waals surface area contributed by atoms with E-state index in [-0.39, 0.29) is 44.9 Å². The maximum absolute atomic E-state index is 13.3.